The highest BCUT2D eigenvalue weighted by Crippen LogP contribution is 2.60. The first-order valence-electron chi connectivity index (χ1n) is 12.3. The van der Waals surface area contributed by atoms with Crippen molar-refractivity contribution in [3.63, 3.8) is 0 Å². The number of ketones is 1. The zero-order valence-electron chi connectivity index (χ0n) is 19.8. The number of Topliss-reactive ketones (excluding diaryl/α,β-unsaturated/α-hetero) is 1. The molecule has 0 saturated carbocycles. The average molecular weight is 484 g/mol. The van der Waals surface area contributed by atoms with E-state index in [1.807, 2.05) is 19.1 Å². The van der Waals surface area contributed by atoms with Crippen molar-refractivity contribution in [1.29, 1.82) is 0 Å². The predicted octanol–water partition coefficient (Wildman–Crippen LogP) is 1.38. The third-order valence-electron chi connectivity index (χ3n) is 8.35. The van der Waals surface area contributed by atoms with Crippen LogP contribution in [0.4, 0.5) is 4.79 Å². The molecule has 10 heteroatoms. The summed E-state index contributed by atoms with van der Waals surface area (Å²) in [7, 11) is 0. The van der Waals surface area contributed by atoms with Gasteiger partial charge in [-0.2, -0.15) is 0 Å². The standard InChI is InChI=1S/C25H29N3O7/c1-3-33-24(32)27-10-8-26(9-11-27)22(30)19-18-6-7-25(35-18)20(19)23(31)28-15(17-5-4-12-34-17)13-16(29)14(2)21(25)28/h4-7,12,14-15,18-21H,3,8-11,13H2,1-2H3/t14-,15-,18+,19+,20-,21-,25+/m0/s1. The Balaban J connectivity index is 1.28. The fourth-order valence-corrected chi connectivity index (χ4v) is 6.78. The molecule has 6 heterocycles. The van der Waals surface area contributed by atoms with E-state index >= 15 is 0 Å². The smallest absolute Gasteiger partial charge is 0.409 e. The van der Waals surface area contributed by atoms with Crippen LogP contribution >= 0.6 is 0 Å². The number of furan rings is 1. The molecule has 7 atom stereocenters. The van der Waals surface area contributed by atoms with Crippen LogP contribution in [0.5, 0.6) is 0 Å². The van der Waals surface area contributed by atoms with E-state index in [0.717, 1.165) is 0 Å². The molecule has 6 rings (SSSR count). The lowest BCUT2D eigenvalue weighted by molar-refractivity contribution is -0.150. The number of piperazine rings is 1. The van der Waals surface area contributed by atoms with Crippen LogP contribution in [0, 0.1) is 17.8 Å². The van der Waals surface area contributed by atoms with E-state index in [4.69, 9.17) is 13.9 Å². The normalized spacial score (nSPS) is 37.6. The number of hydrogen-bond acceptors (Lipinski definition) is 7. The first-order chi connectivity index (χ1) is 16.9. The van der Waals surface area contributed by atoms with Crippen LogP contribution in [-0.2, 0) is 23.9 Å². The summed E-state index contributed by atoms with van der Waals surface area (Å²) in [5, 5.41) is 0. The van der Waals surface area contributed by atoms with E-state index in [-0.39, 0.29) is 30.1 Å². The van der Waals surface area contributed by atoms with Gasteiger partial charge >= 0.3 is 6.09 Å². The van der Waals surface area contributed by atoms with Crippen molar-refractivity contribution < 1.29 is 33.1 Å². The molecule has 5 aliphatic rings. The maximum absolute atomic E-state index is 14.0. The largest absolute Gasteiger partial charge is 0.467 e. The minimum Gasteiger partial charge on any atom is -0.467 e. The Hall–Kier alpha value is -3.14. The van der Waals surface area contributed by atoms with Gasteiger partial charge in [0.1, 0.15) is 17.1 Å². The molecule has 2 bridgehead atoms. The number of ether oxygens (including phenoxy) is 2. The third-order valence-corrected chi connectivity index (χ3v) is 8.35. The molecule has 4 saturated heterocycles. The average Bonchev–Trinajstić information content (AvgIpc) is 3.64. The number of rotatable bonds is 3. The number of amides is 3. The van der Waals surface area contributed by atoms with Crippen molar-refractivity contribution in [2.45, 2.75) is 44.1 Å². The van der Waals surface area contributed by atoms with Crippen molar-refractivity contribution in [2.75, 3.05) is 32.8 Å². The van der Waals surface area contributed by atoms with Crippen molar-refractivity contribution in [3.05, 3.63) is 36.3 Å². The molecule has 0 aromatic carbocycles. The molecular formula is C25H29N3O7. The summed E-state index contributed by atoms with van der Waals surface area (Å²) in [6.07, 6.45) is 4.61. The van der Waals surface area contributed by atoms with E-state index in [9.17, 15) is 19.2 Å². The molecule has 0 unspecified atom stereocenters. The topological polar surface area (TPSA) is 110 Å². The fourth-order valence-electron chi connectivity index (χ4n) is 6.78. The molecule has 0 aliphatic carbocycles. The summed E-state index contributed by atoms with van der Waals surface area (Å²) in [4.78, 5) is 57.9. The van der Waals surface area contributed by atoms with Crippen LogP contribution in [0.1, 0.15) is 32.1 Å². The summed E-state index contributed by atoms with van der Waals surface area (Å²) in [5.74, 6) is -1.45. The Kier molecular flexibility index (Phi) is 5.07. The Bertz CT molecular complexity index is 1090. The summed E-state index contributed by atoms with van der Waals surface area (Å²) in [6.45, 7) is 5.40. The van der Waals surface area contributed by atoms with Crippen LogP contribution in [-0.4, -0.2) is 88.9 Å². The lowest BCUT2D eigenvalue weighted by Crippen LogP contribution is -2.55. The SMILES string of the molecule is CCOC(=O)N1CCN(C(=O)[C@H]2[C@H]3C(=O)N4[C@@H]([C@@H](C)C(=O)C[C@H]4c4ccco4)[C@@]34C=C[C@H]2O4)CC1. The van der Waals surface area contributed by atoms with Gasteiger partial charge in [-0.15, -0.1) is 0 Å². The number of carbonyl (C=O) groups is 4. The van der Waals surface area contributed by atoms with Crippen LogP contribution in [0.3, 0.4) is 0 Å². The van der Waals surface area contributed by atoms with Gasteiger partial charge in [-0.1, -0.05) is 19.1 Å². The van der Waals surface area contributed by atoms with Gasteiger partial charge in [-0.05, 0) is 19.1 Å². The quantitative estimate of drug-likeness (QED) is 0.598. The number of hydrogen-bond donors (Lipinski definition) is 0. The highest BCUT2D eigenvalue weighted by molar-refractivity contribution is 5.96. The highest BCUT2D eigenvalue weighted by Gasteiger charge is 2.74. The fraction of sp³-hybridized carbons (Fsp3) is 0.600. The molecule has 1 spiro atoms. The number of piperidine rings is 1. The molecule has 0 radical (unpaired) electrons. The van der Waals surface area contributed by atoms with Gasteiger partial charge in [-0.25, -0.2) is 4.79 Å². The Morgan fingerprint density at radius 1 is 1.17 bits per heavy atom. The summed E-state index contributed by atoms with van der Waals surface area (Å²) >= 11 is 0. The Morgan fingerprint density at radius 3 is 2.60 bits per heavy atom. The second-order valence-electron chi connectivity index (χ2n) is 9.99. The molecule has 1 aromatic rings. The number of fused-ring (bicyclic) bond motifs is 2. The molecule has 3 amide bonds. The molecule has 186 valence electrons. The molecule has 0 N–H and O–H groups in total. The molecule has 1 aromatic heterocycles. The van der Waals surface area contributed by atoms with Crippen molar-refractivity contribution in [3.8, 4) is 0 Å². The van der Waals surface area contributed by atoms with Crippen LogP contribution in [0.25, 0.3) is 0 Å². The van der Waals surface area contributed by atoms with Gasteiger partial charge in [0, 0.05) is 38.5 Å². The number of carbonyl (C=O) groups excluding carboxylic acids is 4. The van der Waals surface area contributed by atoms with Gasteiger partial charge in [0.2, 0.25) is 11.8 Å². The van der Waals surface area contributed by atoms with Crippen molar-refractivity contribution in [1.82, 2.24) is 14.7 Å². The molecule has 5 aliphatic heterocycles. The lowest BCUT2D eigenvalue weighted by Gasteiger charge is -2.43. The zero-order chi connectivity index (χ0) is 24.5. The van der Waals surface area contributed by atoms with Gasteiger partial charge in [0.05, 0.1) is 42.9 Å². The molecular weight excluding hydrogens is 454 g/mol. The Labute approximate surface area is 202 Å². The maximum Gasteiger partial charge on any atom is 0.409 e. The van der Waals surface area contributed by atoms with E-state index < -0.39 is 41.5 Å². The van der Waals surface area contributed by atoms with Gasteiger partial charge < -0.3 is 28.6 Å². The van der Waals surface area contributed by atoms with Gasteiger partial charge in [0.25, 0.3) is 0 Å². The van der Waals surface area contributed by atoms with E-state index in [0.29, 0.717) is 38.5 Å². The second-order valence-corrected chi connectivity index (χ2v) is 9.99. The maximum atomic E-state index is 14.0. The summed E-state index contributed by atoms with van der Waals surface area (Å²) in [5.41, 5.74) is -1.00. The predicted molar refractivity (Wildman–Crippen MR) is 120 cm³/mol. The number of nitrogens with zero attached hydrogens (tertiary/aromatic N) is 3. The second kappa shape index (κ2) is 7.94. The third kappa shape index (κ3) is 3.05. The lowest BCUT2D eigenvalue weighted by atomic mass is 9.70. The molecule has 10 nitrogen and oxygen atoms in total. The highest BCUT2D eigenvalue weighted by atomic mass is 16.6. The monoisotopic (exact) mass is 483 g/mol. The summed E-state index contributed by atoms with van der Waals surface area (Å²) < 4.78 is 17.1. The first-order valence-corrected chi connectivity index (χ1v) is 12.3. The van der Waals surface area contributed by atoms with Crippen LogP contribution in [0.15, 0.2) is 35.0 Å². The molecule has 4 fully saturated rings. The minimum absolute atomic E-state index is 0.0563. The van der Waals surface area contributed by atoms with Crippen LogP contribution < -0.4 is 0 Å². The van der Waals surface area contributed by atoms with E-state index in [1.165, 1.54) is 6.26 Å². The van der Waals surface area contributed by atoms with Crippen LogP contribution in [0.2, 0.25) is 0 Å². The Morgan fingerprint density at radius 2 is 1.91 bits per heavy atom. The van der Waals surface area contributed by atoms with Crippen molar-refractivity contribution >= 4 is 23.7 Å². The minimum atomic E-state index is -1.00. The van der Waals surface area contributed by atoms with Gasteiger partial charge in [0.15, 0.2) is 0 Å². The van der Waals surface area contributed by atoms with Crippen molar-refractivity contribution in [2.24, 2.45) is 17.8 Å². The summed E-state index contributed by atoms with van der Waals surface area (Å²) in [6, 6.07) is 2.53. The first kappa shape index (κ1) is 22.3. The van der Waals surface area contributed by atoms with E-state index in [2.05, 4.69) is 0 Å². The molecule has 35 heavy (non-hydrogen) atoms. The van der Waals surface area contributed by atoms with E-state index in [1.54, 1.807) is 33.8 Å². The van der Waals surface area contributed by atoms with Gasteiger partial charge in [-0.3, -0.25) is 14.4 Å². The zero-order valence-corrected chi connectivity index (χ0v) is 19.8.